The smallest absolute Gasteiger partial charge is 0.131 e. The van der Waals surface area contributed by atoms with E-state index in [2.05, 4.69) is 52.8 Å². The van der Waals surface area contributed by atoms with Crippen LogP contribution in [0.4, 0.5) is 0 Å². The van der Waals surface area contributed by atoms with Crippen LogP contribution in [-0.2, 0) is 6.42 Å². The Morgan fingerprint density at radius 1 is 1.33 bits per heavy atom. The number of hydrogen-bond donors (Lipinski definition) is 1. The SMILES string of the molecule is CCC(C)CCc1cc(O)c2c(c1)OC(C)(CCC=C(C)C)C=C2. The van der Waals surface area contributed by atoms with Gasteiger partial charge in [0, 0.05) is 0 Å². The van der Waals surface area contributed by atoms with Crippen LogP contribution in [0, 0.1) is 5.92 Å². The van der Waals surface area contributed by atoms with E-state index in [0.717, 1.165) is 42.6 Å². The highest BCUT2D eigenvalue weighted by atomic mass is 16.5. The van der Waals surface area contributed by atoms with Crippen molar-refractivity contribution in [2.45, 2.75) is 72.3 Å². The van der Waals surface area contributed by atoms with E-state index in [4.69, 9.17) is 4.74 Å². The third-order valence-electron chi connectivity index (χ3n) is 4.94. The van der Waals surface area contributed by atoms with Gasteiger partial charge >= 0.3 is 0 Å². The van der Waals surface area contributed by atoms with Gasteiger partial charge in [-0.25, -0.2) is 0 Å². The second-order valence-corrected chi connectivity index (χ2v) is 7.65. The molecular formula is C22H32O2. The second kappa shape index (κ2) is 7.92. The summed E-state index contributed by atoms with van der Waals surface area (Å²) in [6.07, 6.45) is 11.6. The Balaban J connectivity index is 2.14. The molecule has 1 aliphatic rings. The molecule has 2 unspecified atom stereocenters. The molecule has 24 heavy (non-hydrogen) atoms. The Labute approximate surface area is 147 Å². The second-order valence-electron chi connectivity index (χ2n) is 7.65. The Hall–Kier alpha value is -1.70. The van der Waals surface area contributed by atoms with Gasteiger partial charge in [0.05, 0.1) is 5.56 Å². The lowest BCUT2D eigenvalue weighted by atomic mass is 9.92. The summed E-state index contributed by atoms with van der Waals surface area (Å²) in [4.78, 5) is 0. The van der Waals surface area contributed by atoms with Crippen LogP contribution in [0.1, 0.15) is 71.4 Å². The lowest BCUT2D eigenvalue weighted by Crippen LogP contribution is -2.31. The predicted octanol–water partition coefficient (Wildman–Crippen LogP) is 6.28. The summed E-state index contributed by atoms with van der Waals surface area (Å²) in [5, 5.41) is 10.3. The van der Waals surface area contributed by atoms with Crippen LogP contribution in [0.25, 0.3) is 6.08 Å². The standard InChI is InChI=1S/C22H32O2/c1-6-17(4)9-10-18-14-20(23)19-11-13-22(5,24-21(19)15-18)12-7-8-16(2)3/h8,11,13-15,17,23H,6-7,9-10,12H2,1-5H3. The van der Waals surface area contributed by atoms with Crippen molar-refractivity contribution in [2.24, 2.45) is 5.92 Å². The largest absolute Gasteiger partial charge is 0.507 e. The summed E-state index contributed by atoms with van der Waals surface area (Å²) in [7, 11) is 0. The highest BCUT2D eigenvalue weighted by Gasteiger charge is 2.28. The molecule has 0 aromatic heterocycles. The summed E-state index contributed by atoms with van der Waals surface area (Å²) in [5.74, 6) is 1.85. The number of aromatic hydroxyl groups is 1. The lowest BCUT2D eigenvalue weighted by molar-refractivity contribution is 0.128. The Bertz CT molecular complexity index is 623. The molecule has 0 bridgehead atoms. The van der Waals surface area contributed by atoms with E-state index in [0.29, 0.717) is 11.7 Å². The van der Waals surface area contributed by atoms with Crippen molar-refractivity contribution in [2.75, 3.05) is 0 Å². The minimum atomic E-state index is -0.305. The molecule has 1 aliphatic heterocycles. The van der Waals surface area contributed by atoms with Gasteiger partial charge in [-0.2, -0.15) is 0 Å². The number of benzene rings is 1. The van der Waals surface area contributed by atoms with Crippen LogP contribution in [0.5, 0.6) is 11.5 Å². The van der Waals surface area contributed by atoms with Crippen LogP contribution in [0.15, 0.2) is 29.9 Å². The van der Waals surface area contributed by atoms with Crippen LogP contribution in [-0.4, -0.2) is 10.7 Å². The number of ether oxygens (including phenoxy) is 1. The molecular weight excluding hydrogens is 296 g/mol. The zero-order valence-electron chi connectivity index (χ0n) is 15.9. The molecule has 1 aromatic carbocycles. The molecule has 0 amide bonds. The van der Waals surface area contributed by atoms with Crippen molar-refractivity contribution in [3.8, 4) is 11.5 Å². The summed E-state index contributed by atoms with van der Waals surface area (Å²) in [5.41, 5.74) is 3.00. The van der Waals surface area contributed by atoms with Crippen LogP contribution in [0.3, 0.4) is 0 Å². The Morgan fingerprint density at radius 2 is 2.08 bits per heavy atom. The first-order valence-electron chi connectivity index (χ1n) is 9.20. The summed E-state index contributed by atoms with van der Waals surface area (Å²) >= 11 is 0. The van der Waals surface area contributed by atoms with Crippen molar-refractivity contribution < 1.29 is 9.84 Å². The van der Waals surface area contributed by atoms with Crippen molar-refractivity contribution in [1.29, 1.82) is 0 Å². The van der Waals surface area contributed by atoms with E-state index in [-0.39, 0.29) is 5.60 Å². The molecule has 2 atom stereocenters. The fraction of sp³-hybridized carbons (Fsp3) is 0.545. The number of allylic oxidation sites excluding steroid dienone is 2. The van der Waals surface area contributed by atoms with Crippen molar-refractivity contribution in [3.63, 3.8) is 0 Å². The van der Waals surface area contributed by atoms with Gasteiger partial charge in [-0.3, -0.25) is 0 Å². The average Bonchev–Trinajstić information content (AvgIpc) is 2.51. The molecule has 0 aliphatic carbocycles. The minimum Gasteiger partial charge on any atom is -0.507 e. The normalized spacial score (nSPS) is 20.2. The molecule has 1 heterocycles. The van der Waals surface area contributed by atoms with Crippen molar-refractivity contribution in [3.05, 3.63) is 41.0 Å². The maximum Gasteiger partial charge on any atom is 0.131 e. The monoisotopic (exact) mass is 328 g/mol. The summed E-state index contributed by atoms with van der Waals surface area (Å²) in [6, 6.07) is 4.00. The molecule has 2 nitrogen and oxygen atoms in total. The average molecular weight is 328 g/mol. The maximum atomic E-state index is 10.3. The first-order chi connectivity index (χ1) is 11.3. The van der Waals surface area contributed by atoms with Crippen LogP contribution < -0.4 is 4.74 Å². The quantitative estimate of drug-likeness (QED) is 0.597. The molecule has 0 fully saturated rings. The van der Waals surface area contributed by atoms with Gasteiger partial charge in [0.1, 0.15) is 17.1 Å². The molecule has 0 saturated carbocycles. The topological polar surface area (TPSA) is 29.5 Å². The van der Waals surface area contributed by atoms with Crippen LogP contribution >= 0.6 is 0 Å². The zero-order valence-corrected chi connectivity index (χ0v) is 15.9. The fourth-order valence-corrected chi connectivity index (χ4v) is 3.01. The Kier molecular flexibility index (Phi) is 6.15. The first kappa shape index (κ1) is 18.6. The molecule has 0 spiro atoms. The van der Waals surface area contributed by atoms with Crippen molar-refractivity contribution >= 4 is 6.08 Å². The molecule has 0 radical (unpaired) electrons. The number of rotatable bonds is 7. The van der Waals surface area contributed by atoms with Gasteiger partial charge in [0.15, 0.2) is 0 Å². The number of fused-ring (bicyclic) bond motifs is 1. The highest BCUT2D eigenvalue weighted by molar-refractivity contribution is 5.67. The van der Waals surface area contributed by atoms with E-state index in [1.54, 1.807) is 0 Å². The van der Waals surface area contributed by atoms with Gasteiger partial charge in [0.2, 0.25) is 0 Å². The molecule has 1 aromatic rings. The van der Waals surface area contributed by atoms with E-state index in [1.807, 2.05) is 12.1 Å². The van der Waals surface area contributed by atoms with Gasteiger partial charge in [-0.1, -0.05) is 31.9 Å². The van der Waals surface area contributed by atoms with Gasteiger partial charge in [-0.05, 0) is 82.2 Å². The number of hydrogen-bond acceptors (Lipinski definition) is 2. The van der Waals surface area contributed by atoms with Crippen molar-refractivity contribution in [1.82, 2.24) is 0 Å². The number of phenols is 1. The zero-order chi connectivity index (χ0) is 17.7. The van der Waals surface area contributed by atoms with E-state index < -0.39 is 0 Å². The third-order valence-corrected chi connectivity index (χ3v) is 4.94. The van der Waals surface area contributed by atoms with Gasteiger partial charge < -0.3 is 9.84 Å². The molecule has 132 valence electrons. The minimum absolute atomic E-state index is 0.305. The number of aryl methyl sites for hydroxylation is 1. The first-order valence-corrected chi connectivity index (χ1v) is 9.20. The molecule has 2 rings (SSSR count). The summed E-state index contributed by atoms with van der Waals surface area (Å²) in [6.45, 7) is 10.9. The number of phenolic OH excluding ortho intramolecular Hbond substituents is 1. The predicted molar refractivity (Wildman–Crippen MR) is 103 cm³/mol. The van der Waals surface area contributed by atoms with E-state index in [1.165, 1.54) is 12.0 Å². The fourth-order valence-electron chi connectivity index (χ4n) is 3.01. The van der Waals surface area contributed by atoms with E-state index >= 15 is 0 Å². The Morgan fingerprint density at radius 3 is 2.75 bits per heavy atom. The van der Waals surface area contributed by atoms with Crippen LogP contribution in [0.2, 0.25) is 0 Å². The summed E-state index contributed by atoms with van der Waals surface area (Å²) < 4.78 is 6.28. The highest BCUT2D eigenvalue weighted by Crippen LogP contribution is 2.39. The van der Waals surface area contributed by atoms with E-state index in [9.17, 15) is 5.11 Å². The third kappa shape index (κ3) is 4.90. The van der Waals surface area contributed by atoms with Gasteiger partial charge in [-0.15, -0.1) is 0 Å². The van der Waals surface area contributed by atoms with Gasteiger partial charge in [0.25, 0.3) is 0 Å². The molecule has 0 saturated heterocycles. The molecule has 2 heteroatoms. The molecule has 1 N–H and O–H groups in total. The lowest BCUT2D eigenvalue weighted by Gasteiger charge is -2.32. The maximum absolute atomic E-state index is 10.3.